The number of hydrogen-bond acceptors (Lipinski definition) is 5. The number of nitrogens with zero attached hydrogens (tertiary/aromatic N) is 3. The highest BCUT2D eigenvalue weighted by atomic mass is 79.9. The Hall–Kier alpha value is -0.860. The maximum Gasteiger partial charge on any atom is 0.206 e. The summed E-state index contributed by atoms with van der Waals surface area (Å²) in [5.74, 6) is 0. The molecule has 9 heteroatoms. The van der Waals surface area contributed by atoms with E-state index in [1.165, 1.54) is 34.2 Å². The lowest BCUT2D eigenvalue weighted by molar-refractivity contribution is -0.109. The topological polar surface area (TPSA) is 47.8 Å². The van der Waals surface area contributed by atoms with Crippen molar-refractivity contribution in [2.75, 3.05) is 0 Å². The molecule has 0 saturated carbocycles. The van der Waals surface area contributed by atoms with Crippen LogP contribution in [0.1, 0.15) is 37.8 Å². The van der Waals surface area contributed by atoms with Crippen LogP contribution in [0, 0.1) is 0 Å². The van der Waals surface area contributed by atoms with Crippen LogP contribution in [0.4, 0.5) is 0 Å². The van der Waals surface area contributed by atoms with E-state index in [2.05, 4.69) is 26.1 Å². The number of aromatic nitrogens is 3. The maximum atomic E-state index is 11.5. The predicted molar refractivity (Wildman–Crippen MR) is 125 cm³/mol. The van der Waals surface area contributed by atoms with Gasteiger partial charge in [0.15, 0.2) is 5.16 Å². The number of halogens is 3. The molecule has 0 N–H and O–H groups in total. The molecule has 2 heterocycles. The van der Waals surface area contributed by atoms with E-state index >= 15 is 0 Å². The fourth-order valence-corrected chi connectivity index (χ4v) is 6.70. The molecule has 0 amide bonds. The third-order valence-corrected chi connectivity index (χ3v) is 8.45. The lowest BCUT2D eigenvalue weighted by Crippen LogP contribution is -2.17. The zero-order chi connectivity index (χ0) is 20.8. The van der Waals surface area contributed by atoms with Gasteiger partial charge in [0.1, 0.15) is 11.3 Å². The fraction of sp³-hybridized carbons (Fsp3) is 0.350. The van der Waals surface area contributed by atoms with Gasteiger partial charge in [0.2, 0.25) is 4.73 Å². The van der Waals surface area contributed by atoms with Gasteiger partial charge in [-0.05, 0) is 84.3 Å². The molecule has 0 bridgehead atoms. The molecule has 0 spiro atoms. The minimum Gasteiger partial charge on any atom is -0.302 e. The summed E-state index contributed by atoms with van der Waals surface area (Å²) in [4.78, 5) is 12.7. The highest BCUT2D eigenvalue weighted by Gasteiger charge is 2.29. The van der Waals surface area contributed by atoms with Gasteiger partial charge in [-0.25, -0.2) is 0 Å². The third-order valence-electron chi connectivity index (χ3n) is 4.82. The smallest absolute Gasteiger partial charge is 0.206 e. The van der Waals surface area contributed by atoms with E-state index < -0.39 is 4.75 Å². The summed E-state index contributed by atoms with van der Waals surface area (Å²) in [6, 6.07) is 5.79. The second kappa shape index (κ2) is 8.35. The maximum absolute atomic E-state index is 11.5. The molecule has 0 unspecified atom stereocenters. The van der Waals surface area contributed by atoms with E-state index in [1.54, 1.807) is 11.3 Å². The summed E-state index contributed by atoms with van der Waals surface area (Å²) in [5, 5.41) is 11.5. The van der Waals surface area contributed by atoms with Gasteiger partial charge in [0.05, 0.1) is 14.8 Å². The van der Waals surface area contributed by atoms with Crippen molar-refractivity contribution in [3.05, 3.63) is 44.1 Å². The molecular formula is C20H18BrCl2N3OS2. The Bertz CT molecular complexity index is 1090. The van der Waals surface area contributed by atoms with Crippen molar-refractivity contribution in [1.29, 1.82) is 0 Å². The summed E-state index contributed by atoms with van der Waals surface area (Å²) in [5.41, 5.74) is 3.76. The van der Waals surface area contributed by atoms with E-state index in [1.807, 2.05) is 36.6 Å². The first kappa shape index (κ1) is 21.4. The number of fused-ring (bicyclic) bond motifs is 1. The number of thioether (sulfide) groups is 1. The molecule has 3 aromatic rings. The predicted octanol–water partition coefficient (Wildman–Crippen LogP) is 7.01. The van der Waals surface area contributed by atoms with Crippen LogP contribution in [-0.4, -0.2) is 25.8 Å². The van der Waals surface area contributed by atoms with Crippen molar-refractivity contribution in [3.8, 4) is 15.4 Å². The van der Waals surface area contributed by atoms with Crippen LogP contribution < -0.4 is 0 Å². The van der Waals surface area contributed by atoms with Crippen LogP contribution >= 0.6 is 62.2 Å². The average Bonchev–Trinajstić information content (AvgIpc) is 3.24. The number of aldehydes is 1. The van der Waals surface area contributed by atoms with Gasteiger partial charge >= 0.3 is 0 Å². The second-order valence-electron chi connectivity index (χ2n) is 7.44. The number of hydrogen-bond donors (Lipinski definition) is 0. The largest absolute Gasteiger partial charge is 0.302 e. The van der Waals surface area contributed by atoms with Crippen LogP contribution in [0.5, 0.6) is 0 Å². The quantitative estimate of drug-likeness (QED) is 0.263. The number of rotatable bonds is 5. The number of carbonyl (C=O) groups is 1. The van der Waals surface area contributed by atoms with Crippen molar-refractivity contribution >= 4 is 68.5 Å². The number of thiophene rings is 1. The molecule has 0 saturated heterocycles. The van der Waals surface area contributed by atoms with Gasteiger partial charge in [0.25, 0.3) is 0 Å². The van der Waals surface area contributed by atoms with Crippen molar-refractivity contribution in [2.45, 2.75) is 49.4 Å². The summed E-state index contributed by atoms with van der Waals surface area (Å²) < 4.78 is 2.07. The standard InChI is InChI=1S/C20H18BrCl2N3OS2/c1-20(2,10-27)29-19-25-24-18(21)26(19)17-13-6-4-3-5-12(13)16(28-17)11-7-8-14(22)15(23)9-11/h7-10H,3-6H2,1-2H3. The molecule has 0 radical (unpaired) electrons. The Morgan fingerprint density at radius 1 is 1.17 bits per heavy atom. The minimum absolute atomic E-state index is 0.553. The zero-order valence-electron chi connectivity index (χ0n) is 15.8. The first-order valence-electron chi connectivity index (χ1n) is 9.17. The van der Waals surface area contributed by atoms with Gasteiger partial charge in [0, 0.05) is 4.88 Å². The van der Waals surface area contributed by atoms with E-state index in [0.29, 0.717) is 19.9 Å². The lowest BCUT2D eigenvalue weighted by atomic mass is 9.91. The lowest BCUT2D eigenvalue weighted by Gasteiger charge is -2.18. The van der Waals surface area contributed by atoms with Crippen LogP contribution in [0.25, 0.3) is 15.4 Å². The Labute approximate surface area is 196 Å². The molecule has 2 aromatic heterocycles. The summed E-state index contributed by atoms with van der Waals surface area (Å²) >= 11 is 19.1. The molecule has 0 fully saturated rings. The van der Waals surface area contributed by atoms with Crippen LogP contribution in [0.15, 0.2) is 28.1 Å². The van der Waals surface area contributed by atoms with Crippen LogP contribution in [-0.2, 0) is 17.6 Å². The van der Waals surface area contributed by atoms with Crippen LogP contribution in [0.3, 0.4) is 0 Å². The molecule has 152 valence electrons. The molecule has 4 nitrogen and oxygen atoms in total. The van der Waals surface area contributed by atoms with Gasteiger partial charge in [-0.1, -0.05) is 41.0 Å². The van der Waals surface area contributed by atoms with E-state index in [9.17, 15) is 4.79 Å². The highest BCUT2D eigenvalue weighted by molar-refractivity contribution is 9.10. The second-order valence-corrected chi connectivity index (χ2v) is 11.6. The fourth-order valence-electron chi connectivity index (χ4n) is 3.41. The van der Waals surface area contributed by atoms with Crippen molar-refractivity contribution < 1.29 is 4.79 Å². The molecule has 4 rings (SSSR count). The number of benzene rings is 1. The first-order chi connectivity index (χ1) is 13.8. The normalized spacial score (nSPS) is 14.1. The molecule has 29 heavy (non-hydrogen) atoms. The summed E-state index contributed by atoms with van der Waals surface area (Å²) in [6.45, 7) is 3.76. The molecule has 0 aliphatic heterocycles. The summed E-state index contributed by atoms with van der Waals surface area (Å²) in [7, 11) is 0. The Morgan fingerprint density at radius 3 is 2.59 bits per heavy atom. The van der Waals surface area contributed by atoms with Gasteiger partial charge < -0.3 is 4.79 Å². The minimum atomic E-state index is -0.589. The Kier molecular flexibility index (Phi) is 6.15. The molecule has 0 atom stereocenters. The van der Waals surface area contributed by atoms with Gasteiger partial charge in [-0.15, -0.1) is 21.5 Å². The van der Waals surface area contributed by atoms with Gasteiger partial charge in [-0.2, -0.15) is 0 Å². The summed E-state index contributed by atoms with van der Waals surface area (Å²) in [6.07, 6.45) is 5.30. The van der Waals surface area contributed by atoms with E-state index in [-0.39, 0.29) is 0 Å². The van der Waals surface area contributed by atoms with E-state index in [0.717, 1.165) is 36.1 Å². The third kappa shape index (κ3) is 4.17. The molecular weight excluding hydrogens is 513 g/mol. The van der Waals surface area contributed by atoms with Crippen LogP contribution in [0.2, 0.25) is 10.0 Å². The molecule has 1 aliphatic rings. The van der Waals surface area contributed by atoms with E-state index in [4.69, 9.17) is 23.2 Å². The molecule has 1 aromatic carbocycles. The SMILES string of the molecule is CC(C)(C=O)Sc1nnc(Br)n1-c1sc(-c2ccc(Cl)c(Cl)c2)c2c1CCCC2. The Morgan fingerprint density at radius 2 is 1.90 bits per heavy atom. The highest BCUT2D eigenvalue weighted by Crippen LogP contribution is 2.46. The first-order valence-corrected chi connectivity index (χ1v) is 12.4. The van der Waals surface area contributed by atoms with Gasteiger partial charge in [-0.3, -0.25) is 4.57 Å². The van der Waals surface area contributed by atoms with Crippen molar-refractivity contribution in [3.63, 3.8) is 0 Å². The monoisotopic (exact) mass is 529 g/mol. The number of carbonyl (C=O) groups excluding carboxylic acids is 1. The van der Waals surface area contributed by atoms with Crippen molar-refractivity contribution in [2.24, 2.45) is 0 Å². The van der Waals surface area contributed by atoms with Crippen molar-refractivity contribution in [1.82, 2.24) is 14.8 Å². The average molecular weight is 531 g/mol. The zero-order valence-corrected chi connectivity index (χ0v) is 20.6. The Balaban J connectivity index is 1.88. The molecule has 1 aliphatic carbocycles.